The van der Waals surface area contributed by atoms with Crippen molar-refractivity contribution in [1.82, 2.24) is 0 Å². The van der Waals surface area contributed by atoms with Crippen LogP contribution in [-0.2, 0) is 4.79 Å². The van der Waals surface area contributed by atoms with E-state index in [0.29, 0.717) is 6.19 Å². The van der Waals surface area contributed by atoms with Crippen LogP contribution in [0.15, 0.2) is 0 Å². The molecule has 0 unspecified atom stereocenters. The van der Waals surface area contributed by atoms with Gasteiger partial charge in [0.1, 0.15) is 0 Å². The van der Waals surface area contributed by atoms with Crippen LogP contribution >= 0.6 is 0 Å². The number of hydrogen-bond donors (Lipinski definition) is 1. The Kier molecular flexibility index (Phi) is 2.12. The SMILES string of the molecule is O=CBC(=O)O. The Hall–Kier alpha value is -0.795. The van der Waals surface area contributed by atoms with Crippen molar-refractivity contribution < 1.29 is 14.7 Å². The molecule has 32 valence electrons. The third-order valence-corrected chi connectivity index (χ3v) is 0.258. The lowest BCUT2D eigenvalue weighted by atomic mass is 9.82. The van der Waals surface area contributed by atoms with E-state index in [2.05, 4.69) is 0 Å². The van der Waals surface area contributed by atoms with Crippen molar-refractivity contribution in [1.29, 1.82) is 0 Å². The van der Waals surface area contributed by atoms with Crippen LogP contribution in [0.4, 0.5) is 4.79 Å². The van der Waals surface area contributed by atoms with Crippen LogP contribution < -0.4 is 0 Å². The first kappa shape index (κ1) is 5.20. The third kappa shape index (κ3) is 3.20. The van der Waals surface area contributed by atoms with E-state index in [1.807, 2.05) is 0 Å². The van der Waals surface area contributed by atoms with Crippen molar-refractivity contribution in [3.05, 3.63) is 0 Å². The molecule has 3 nitrogen and oxygen atoms in total. The first-order chi connectivity index (χ1) is 2.77. The summed E-state index contributed by atoms with van der Waals surface area (Å²) in [5.41, 5.74) is 0. The zero-order valence-electron chi connectivity index (χ0n) is 3.05. The van der Waals surface area contributed by atoms with Gasteiger partial charge in [-0.3, -0.25) is 4.79 Å². The highest BCUT2D eigenvalue weighted by atomic mass is 16.4. The maximum absolute atomic E-state index is 9.37. The molecule has 0 heterocycles. The summed E-state index contributed by atoms with van der Waals surface area (Å²) in [5.74, 6) is -1.08. The fourth-order valence-corrected chi connectivity index (χ4v) is 0.0713. The molecule has 1 N–H and O–H groups in total. The molecule has 0 fully saturated rings. The average Bonchev–Trinajstić information content (AvgIpc) is 1.35. The van der Waals surface area contributed by atoms with Crippen LogP contribution in [0.25, 0.3) is 0 Å². The van der Waals surface area contributed by atoms with E-state index in [0.717, 1.165) is 0 Å². The van der Waals surface area contributed by atoms with Crippen LogP contribution in [-0.4, -0.2) is 24.4 Å². The lowest BCUT2D eigenvalue weighted by Crippen LogP contribution is -2.04. The topological polar surface area (TPSA) is 54.4 Å². The van der Waals surface area contributed by atoms with Crippen molar-refractivity contribution in [2.75, 3.05) is 0 Å². The number of carbonyl (C=O) groups is 2. The molecule has 0 bridgehead atoms. The van der Waals surface area contributed by atoms with E-state index in [4.69, 9.17) is 5.11 Å². The van der Waals surface area contributed by atoms with Gasteiger partial charge in [-0.25, -0.2) is 0 Å². The number of hydrogen-bond acceptors (Lipinski definition) is 2. The Morgan fingerprint density at radius 3 is 2.33 bits per heavy atom. The monoisotopic (exact) mass is 86.0 g/mol. The molecule has 0 spiro atoms. The molecule has 0 aliphatic rings. The summed E-state index contributed by atoms with van der Waals surface area (Å²) in [6.45, 7) is 0. The summed E-state index contributed by atoms with van der Waals surface area (Å²) >= 11 is 0. The Morgan fingerprint density at radius 1 is 1.83 bits per heavy atom. The van der Waals surface area contributed by atoms with Gasteiger partial charge in [0.05, 0.1) is 6.19 Å². The lowest BCUT2D eigenvalue weighted by Gasteiger charge is -1.69. The van der Waals surface area contributed by atoms with E-state index < -0.39 is 5.87 Å². The van der Waals surface area contributed by atoms with Gasteiger partial charge < -0.3 is 9.90 Å². The summed E-state index contributed by atoms with van der Waals surface area (Å²) in [7, 11) is -0.389. The summed E-state index contributed by atoms with van der Waals surface area (Å²) in [5, 5.41) is 7.68. The maximum Gasteiger partial charge on any atom is 0.334 e. The normalized spacial score (nSPS) is 6.67. The minimum Gasteiger partial charge on any atom is -0.489 e. The molecule has 0 atom stereocenters. The third-order valence-electron chi connectivity index (χ3n) is 0.258. The van der Waals surface area contributed by atoms with Crippen LogP contribution in [0.3, 0.4) is 0 Å². The zero-order chi connectivity index (χ0) is 4.99. The lowest BCUT2D eigenvalue weighted by molar-refractivity contribution is 0.220. The fraction of sp³-hybridized carbons (Fsp3) is 0. The molecule has 0 aliphatic heterocycles. The molecule has 0 saturated heterocycles. The molecular formula is C2H3BO3. The highest BCUT2D eigenvalue weighted by Gasteiger charge is 1.93. The molecule has 0 aliphatic carbocycles. The molecule has 4 heteroatoms. The average molecular weight is 85.9 g/mol. The Labute approximate surface area is 35.2 Å². The molecule has 0 amide bonds. The summed E-state index contributed by atoms with van der Waals surface area (Å²) in [4.78, 5) is 18.6. The van der Waals surface area contributed by atoms with E-state index in [1.165, 1.54) is 0 Å². The minimum absolute atomic E-state index is 0.350. The van der Waals surface area contributed by atoms with Gasteiger partial charge in [-0.15, -0.1) is 0 Å². The number of carbonyl (C=O) groups excluding carboxylic acids is 1. The summed E-state index contributed by atoms with van der Waals surface area (Å²) in [6, 6.07) is 0. The highest BCUT2D eigenvalue weighted by Crippen LogP contribution is 1.54. The largest absolute Gasteiger partial charge is 0.489 e. The van der Waals surface area contributed by atoms with Crippen LogP contribution in [0.1, 0.15) is 0 Å². The van der Waals surface area contributed by atoms with Gasteiger partial charge in [0, 0.05) is 0 Å². The quantitative estimate of drug-likeness (QED) is 0.356. The molecular weight excluding hydrogens is 82.8 g/mol. The van der Waals surface area contributed by atoms with Gasteiger partial charge in [-0.05, 0) is 0 Å². The molecule has 0 aromatic carbocycles. The van der Waals surface area contributed by atoms with Crippen molar-refractivity contribution in [3.8, 4) is 0 Å². The molecule has 0 rings (SSSR count). The first-order valence-electron chi connectivity index (χ1n) is 1.43. The van der Waals surface area contributed by atoms with Crippen molar-refractivity contribution >= 4 is 19.3 Å². The van der Waals surface area contributed by atoms with E-state index in [1.54, 1.807) is 0 Å². The predicted octanol–water partition coefficient (Wildman–Crippen LogP) is -0.709. The molecule has 6 heavy (non-hydrogen) atoms. The standard InChI is InChI=1S/C2H3BO3/c4-1-3-2(5)6/h1,3H,(H,5,6). The van der Waals surface area contributed by atoms with Crippen LogP contribution in [0.5, 0.6) is 0 Å². The number of rotatable bonds is 2. The fourth-order valence-electron chi connectivity index (χ4n) is 0.0713. The Bertz CT molecular complexity index is 69.2. The smallest absolute Gasteiger partial charge is 0.334 e. The molecule has 0 radical (unpaired) electrons. The van der Waals surface area contributed by atoms with Crippen molar-refractivity contribution in [2.24, 2.45) is 0 Å². The highest BCUT2D eigenvalue weighted by molar-refractivity contribution is 6.91. The Balaban J connectivity index is 3.05. The second kappa shape index (κ2) is 2.44. The molecule has 0 saturated carbocycles. The van der Waals surface area contributed by atoms with Gasteiger partial charge in [0.15, 0.2) is 0 Å². The first-order valence-corrected chi connectivity index (χ1v) is 1.43. The molecule has 0 aromatic rings. The Morgan fingerprint density at radius 2 is 2.33 bits per heavy atom. The molecule has 0 aromatic heterocycles. The predicted molar refractivity (Wildman–Crippen MR) is 21.9 cm³/mol. The van der Waals surface area contributed by atoms with E-state index >= 15 is 0 Å². The zero-order valence-corrected chi connectivity index (χ0v) is 3.05. The summed E-state index contributed by atoms with van der Waals surface area (Å²) in [6.07, 6.45) is 0.350. The second-order valence-electron chi connectivity index (χ2n) is 0.765. The van der Waals surface area contributed by atoms with Crippen molar-refractivity contribution in [2.45, 2.75) is 0 Å². The van der Waals surface area contributed by atoms with Gasteiger partial charge in [0.25, 0.3) is 5.87 Å². The van der Waals surface area contributed by atoms with Gasteiger partial charge in [0.2, 0.25) is 0 Å². The number of carboxylic acid groups (broad SMARTS) is 1. The van der Waals surface area contributed by atoms with Gasteiger partial charge >= 0.3 is 7.28 Å². The van der Waals surface area contributed by atoms with Gasteiger partial charge in [-0.1, -0.05) is 0 Å². The van der Waals surface area contributed by atoms with Crippen molar-refractivity contribution in [3.63, 3.8) is 0 Å². The van der Waals surface area contributed by atoms with Crippen LogP contribution in [0, 0.1) is 0 Å². The second-order valence-corrected chi connectivity index (χ2v) is 0.765. The maximum atomic E-state index is 9.37. The van der Waals surface area contributed by atoms with E-state index in [-0.39, 0.29) is 7.28 Å². The van der Waals surface area contributed by atoms with Gasteiger partial charge in [-0.2, -0.15) is 0 Å². The van der Waals surface area contributed by atoms with Crippen LogP contribution in [0.2, 0.25) is 0 Å². The summed E-state index contributed by atoms with van der Waals surface area (Å²) < 4.78 is 0. The van der Waals surface area contributed by atoms with E-state index in [9.17, 15) is 9.59 Å². The minimum atomic E-state index is -1.08.